The number of nitrogens with zero attached hydrogens (tertiary/aromatic N) is 1. The largest absolute Gasteiger partial charge is 0.480 e. The predicted molar refractivity (Wildman–Crippen MR) is 70.2 cm³/mol. The van der Waals surface area contributed by atoms with Gasteiger partial charge in [0.05, 0.1) is 6.10 Å². The Kier molecular flexibility index (Phi) is 4.39. The zero-order valence-electron chi connectivity index (χ0n) is 10.3. The van der Waals surface area contributed by atoms with Crippen molar-refractivity contribution in [3.05, 3.63) is 22.4 Å². The lowest BCUT2D eigenvalue weighted by molar-refractivity contribution is -0.141. The van der Waals surface area contributed by atoms with Crippen LogP contribution in [-0.4, -0.2) is 52.3 Å². The van der Waals surface area contributed by atoms with Crippen molar-refractivity contribution < 1.29 is 19.8 Å². The molecule has 2 amide bonds. The average Bonchev–Trinajstić information content (AvgIpc) is 2.98. The Balaban J connectivity index is 1.83. The third-order valence-corrected chi connectivity index (χ3v) is 3.83. The van der Waals surface area contributed by atoms with Crippen molar-refractivity contribution in [2.45, 2.75) is 25.0 Å². The topological polar surface area (TPSA) is 89.9 Å². The minimum absolute atomic E-state index is 0.0707. The molecule has 0 bridgehead atoms. The van der Waals surface area contributed by atoms with Crippen LogP contribution in [0.15, 0.2) is 16.8 Å². The van der Waals surface area contributed by atoms with Crippen LogP contribution < -0.4 is 5.32 Å². The Morgan fingerprint density at radius 1 is 1.53 bits per heavy atom. The van der Waals surface area contributed by atoms with E-state index in [9.17, 15) is 14.7 Å². The van der Waals surface area contributed by atoms with Gasteiger partial charge in [0.1, 0.15) is 6.04 Å². The summed E-state index contributed by atoms with van der Waals surface area (Å²) in [7, 11) is 0. The van der Waals surface area contributed by atoms with Gasteiger partial charge in [0.2, 0.25) is 0 Å². The maximum absolute atomic E-state index is 11.9. The number of hydrogen-bond acceptors (Lipinski definition) is 4. The van der Waals surface area contributed by atoms with Crippen molar-refractivity contribution in [3.63, 3.8) is 0 Å². The first-order valence-corrected chi connectivity index (χ1v) is 6.98. The van der Waals surface area contributed by atoms with Gasteiger partial charge in [-0.25, -0.2) is 9.59 Å². The SMILES string of the molecule is O=C(O)[C@H]1C[C@@H](O)CN1C(=O)NCCc1ccsc1. The zero-order valence-corrected chi connectivity index (χ0v) is 11.1. The first-order valence-electron chi connectivity index (χ1n) is 6.04. The second-order valence-electron chi connectivity index (χ2n) is 4.51. The molecule has 0 saturated carbocycles. The van der Waals surface area contributed by atoms with Crippen molar-refractivity contribution >= 4 is 23.3 Å². The summed E-state index contributed by atoms with van der Waals surface area (Å²) in [6.45, 7) is 0.524. The molecule has 1 aromatic heterocycles. The number of aliphatic hydroxyl groups excluding tert-OH is 1. The third-order valence-electron chi connectivity index (χ3n) is 3.09. The molecular formula is C12H16N2O4S. The fourth-order valence-electron chi connectivity index (χ4n) is 2.12. The number of thiophene rings is 1. The number of carboxylic acid groups (broad SMARTS) is 1. The summed E-state index contributed by atoms with van der Waals surface area (Å²) in [6, 6.07) is 0.617. The Morgan fingerprint density at radius 2 is 2.32 bits per heavy atom. The number of aliphatic hydroxyl groups is 1. The monoisotopic (exact) mass is 284 g/mol. The summed E-state index contributed by atoms with van der Waals surface area (Å²) in [4.78, 5) is 24.0. The number of aliphatic carboxylic acids is 1. The standard InChI is InChI=1S/C12H16N2O4S/c15-9-5-10(11(16)17)14(6-9)12(18)13-3-1-8-2-4-19-7-8/h2,4,7,9-10,15H,1,3,5-6H2,(H,13,18)(H,16,17)/t9-,10-/m1/s1. The molecule has 19 heavy (non-hydrogen) atoms. The molecule has 1 aromatic rings. The third kappa shape index (κ3) is 3.45. The summed E-state index contributed by atoms with van der Waals surface area (Å²) in [6.07, 6.45) is 0.0418. The smallest absolute Gasteiger partial charge is 0.326 e. The molecular weight excluding hydrogens is 268 g/mol. The number of urea groups is 1. The van der Waals surface area contributed by atoms with E-state index in [0.29, 0.717) is 13.0 Å². The van der Waals surface area contributed by atoms with E-state index < -0.39 is 24.1 Å². The Hall–Kier alpha value is -1.60. The highest BCUT2D eigenvalue weighted by Crippen LogP contribution is 2.18. The molecule has 1 aliphatic heterocycles. The van der Waals surface area contributed by atoms with E-state index in [1.165, 1.54) is 4.90 Å². The first-order chi connectivity index (χ1) is 9.08. The second-order valence-corrected chi connectivity index (χ2v) is 5.29. The summed E-state index contributed by atoms with van der Waals surface area (Å²) in [5, 5.41) is 25.1. The van der Waals surface area contributed by atoms with Crippen LogP contribution in [0.4, 0.5) is 4.79 Å². The van der Waals surface area contributed by atoms with Crippen LogP contribution in [0.25, 0.3) is 0 Å². The summed E-state index contributed by atoms with van der Waals surface area (Å²) in [5.74, 6) is -1.08. The van der Waals surface area contributed by atoms with Crippen LogP contribution in [0.1, 0.15) is 12.0 Å². The quantitative estimate of drug-likeness (QED) is 0.752. The van der Waals surface area contributed by atoms with Crippen molar-refractivity contribution in [3.8, 4) is 0 Å². The number of hydrogen-bond donors (Lipinski definition) is 3. The van der Waals surface area contributed by atoms with Crippen LogP contribution >= 0.6 is 11.3 Å². The summed E-state index contributed by atoms with van der Waals surface area (Å²) < 4.78 is 0. The molecule has 2 atom stereocenters. The highest BCUT2D eigenvalue weighted by molar-refractivity contribution is 7.07. The van der Waals surface area contributed by atoms with Crippen LogP contribution in [0.5, 0.6) is 0 Å². The van der Waals surface area contributed by atoms with Crippen molar-refractivity contribution in [2.75, 3.05) is 13.1 Å². The average molecular weight is 284 g/mol. The van der Waals surface area contributed by atoms with E-state index >= 15 is 0 Å². The minimum Gasteiger partial charge on any atom is -0.480 e. The van der Waals surface area contributed by atoms with Gasteiger partial charge in [-0.3, -0.25) is 0 Å². The van der Waals surface area contributed by atoms with Crippen LogP contribution in [0.2, 0.25) is 0 Å². The Labute approximate surface area is 114 Å². The molecule has 2 rings (SSSR count). The minimum atomic E-state index is -1.08. The molecule has 1 saturated heterocycles. The van der Waals surface area contributed by atoms with Gasteiger partial charge in [0.15, 0.2) is 0 Å². The van der Waals surface area contributed by atoms with Gasteiger partial charge in [-0.15, -0.1) is 0 Å². The second kappa shape index (κ2) is 6.03. The van der Waals surface area contributed by atoms with Gasteiger partial charge in [0, 0.05) is 19.5 Å². The summed E-state index contributed by atoms with van der Waals surface area (Å²) in [5.41, 5.74) is 1.14. The van der Waals surface area contributed by atoms with E-state index in [1.807, 2.05) is 16.8 Å². The van der Waals surface area contributed by atoms with Gasteiger partial charge >= 0.3 is 12.0 Å². The van der Waals surface area contributed by atoms with Crippen LogP contribution in [0.3, 0.4) is 0 Å². The molecule has 0 aromatic carbocycles. The molecule has 1 aliphatic rings. The molecule has 0 radical (unpaired) electrons. The number of carbonyl (C=O) groups excluding carboxylic acids is 1. The van der Waals surface area contributed by atoms with Crippen LogP contribution in [-0.2, 0) is 11.2 Å². The number of β-amino-alcohol motifs (C(OH)–C–C–N with tert-alkyl or cyclic N) is 1. The molecule has 0 aliphatic carbocycles. The lowest BCUT2D eigenvalue weighted by atomic mass is 10.2. The maximum Gasteiger partial charge on any atom is 0.326 e. The number of amides is 2. The van der Waals surface area contributed by atoms with Crippen molar-refractivity contribution in [1.29, 1.82) is 0 Å². The van der Waals surface area contributed by atoms with E-state index in [0.717, 1.165) is 5.56 Å². The van der Waals surface area contributed by atoms with Crippen molar-refractivity contribution in [1.82, 2.24) is 10.2 Å². The molecule has 104 valence electrons. The van der Waals surface area contributed by atoms with Gasteiger partial charge in [-0.1, -0.05) is 0 Å². The number of rotatable bonds is 4. The van der Waals surface area contributed by atoms with E-state index in [-0.39, 0.29) is 13.0 Å². The molecule has 2 heterocycles. The maximum atomic E-state index is 11.9. The van der Waals surface area contributed by atoms with E-state index in [2.05, 4.69) is 5.32 Å². The number of carboxylic acids is 1. The van der Waals surface area contributed by atoms with E-state index in [1.54, 1.807) is 11.3 Å². The molecule has 1 fully saturated rings. The number of nitrogens with one attached hydrogen (secondary N) is 1. The number of carbonyl (C=O) groups is 2. The Morgan fingerprint density at radius 3 is 2.95 bits per heavy atom. The molecule has 7 heteroatoms. The fourth-order valence-corrected chi connectivity index (χ4v) is 2.83. The zero-order chi connectivity index (χ0) is 13.8. The number of likely N-dealkylation sites (tertiary alicyclic amines) is 1. The molecule has 6 nitrogen and oxygen atoms in total. The first kappa shape index (κ1) is 13.8. The highest BCUT2D eigenvalue weighted by Gasteiger charge is 2.38. The van der Waals surface area contributed by atoms with Crippen molar-refractivity contribution in [2.24, 2.45) is 0 Å². The molecule has 0 unspecified atom stereocenters. The fraction of sp³-hybridized carbons (Fsp3) is 0.500. The molecule has 3 N–H and O–H groups in total. The van der Waals surface area contributed by atoms with Gasteiger partial charge < -0.3 is 20.4 Å². The molecule has 0 spiro atoms. The highest BCUT2D eigenvalue weighted by atomic mass is 32.1. The van der Waals surface area contributed by atoms with E-state index in [4.69, 9.17) is 5.11 Å². The predicted octanol–water partition coefficient (Wildman–Crippen LogP) is 0.520. The van der Waals surface area contributed by atoms with Gasteiger partial charge in [-0.2, -0.15) is 11.3 Å². The normalized spacial score (nSPS) is 22.5. The lowest BCUT2D eigenvalue weighted by Crippen LogP contribution is -2.46. The van der Waals surface area contributed by atoms with Gasteiger partial charge in [0.25, 0.3) is 0 Å². The van der Waals surface area contributed by atoms with Crippen LogP contribution in [0, 0.1) is 0 Å². The summed E-state index contributed by atoms with van der Waals surface area (Å²) >= 11 is 1.59. The lowest BCUT2D eigenvalue weighted by Gasteiger charge is -2.21. The Bertz CT molecular complexity index is 449. The van der Waals surface area contributed by atoms with Gasteiger partial charge in [-0.05, 0) is 28.8 Å².